The van der Waals surface area contributed by atoms with Crippen molar-refractivity contribution in [3.63, 3.8) is 0 Å². The number of methoxy groups -OCH3 is 2. The van der Waals surface area contributed by atoms with Crippen LogP contribution in [-0.2, 0) is 0 Å². The van der Waals surface area contributed by atoms with Gasteiger partial charge in [0, 0.05) is 17.3 Å². The summed E-state index contributed by atoms with van der Waals surface area (Å²) in [6, 6.07) is 3.11. The lowest BCUT2D eigenvalue weighted by Gasteiger charge is -2.04. The lowest BCUT2D eigenvalue weighted by molar-refractivity contribution is 0.396. The second-order valence-corrected chi connectivity index (χ2v) is 3.05. The molecular formula is C10H9NO5. The number of rotatable bonds is 3. The molecule has 2 aromatic rings. The van der Waals surface area contributed by atoms with Crippen LogP contribution in [0.3, 0.4) is 0 Å². The summed E-state index contributed by atoms with van der Waals surface area (Å²) in [5, 5.41) is 12.5. The van der Waals surface area contributed by atoms with Crippen molar-refractivity contribution in [1.82, 2.24) is 0 Å². The summed E-state index contributed by atoms with van der Waals surface area (Å²) in [6.07, 6.45) is 0. The van der Waals surface area contributed by atoms with Crippen molar-refractivity contribution in [2.24, 2.45) is 5.18 Å². The molecule has 0 aliphatic heterocycles. The maximum atomic E-state index is 10.4. The van der Waals surface area contributed by atoms with Gasteiger partial charge < -0.3 is 19.0 Å². The van der Waals surface area contributed by atoms with Crippen LogP contribution in [0.1, 0.15) is 0 Å². The average molecular weight is 223 g/mol. The van der Waals surface area contributed by atoms with E-state index in [9.17, 15) is 10.0 Å². The maximum Gasteiger partial charge on any atom is 0.304 e. The summed E-state index contributed by atoms with van der Waals surface area (Å²) in [5.41, 5.74) is 0.281. The van der Waals surface area contributed by atoms with Crippen molar-refractivity contribution < 1.29 is 19.0 Å². The van der Waals surface area contributed by atoms with Crippen molar-refractivity contribution in [3.05, 3.63) is 17.0 Å². The zero-order chi connectivity index (χ0) is 11.7. The SMILES string of the molecule is COc1cc(OC)c2c(O)c(N=O)oc2c1. The van der Waals surface area contributed by atoms with E-state index in [0.29, 0.717) is 16.9 Å². The van der Waals surface area contributed by atoms with E-state index < -0.39 is 0 Å². The van der Waals surface area contributed by atoms with Crippen molar-refractivity contribution >= 4 is 16.9 Å². The summed E-state index contributed by atoms with van der Waals surface area (Å²) in [7, 11) is 2.93. The number of fused-ring (bicyclic) bond motifs is 1. The maximum absolute atomic E-state index is 10.4. The Labute approximate surface area is 90.4 Å². The predicted octanol–water partition coefficient (Wildman–Crippen LogP) is 2.55. The van der Waals surface area contributed by atoms with Crippen LogP contribution in [0, 0.1) is 4.91 Å². The van der Waals surface area contributed by atoms with Crippen LogP contribution in [0.5, 0.6) is 17.2 Å². The molecule has 0 saturated carbocycles. The molecular weight excluding hydrogens is 214 g/mol. The van der Waals surface area contributed by atoms with Gasteiger partial charge in [-0.05, 0) is 0 Å². The first-order valence-corrected chi connectivity index (χ1v) is 4.42. The lowest BCUT2D eigenvalue weighted by atomic mass is 10.2. The van der Waals surface area contributed by atoms with Gasteiger partial charge in [-0.15, -0.1) is 4.91 Å². The van der Waals surface area contributed by atoms with Gasteiger partial charge in [-0.1, -0.05) is 0 Å². The normalized spacial score (nSPS) is 10.4. The zero-order valence-electron chi connectivity index (χ0n) is 8.68. The number of nitrogens with zero attached hydrogens (tertiary/aromatic N) is 1. The Balaban J connectivity index is 2.81. The quantitative estimate of drug-likeness (QED) is 0.808. The van der Waals surface area contributed by atoms with Crippen LogP contribution in [0.25, 0.3) is 11.0 Å². The van der Waals surface area contributed by atoms with Gasteiger partial charge in [0.15, 0.2) is 5.75 Å². The first-order valence-electron chi connectivity index (χ1n) is 4.42. The van der Waals surface area contributed by atoms with Crippen molar-refractivity contribution in [3.8, 4) is 17.2 Å². The van der Waals surface area contributed by atoms with Gasteiger partial charge in [0.1, 0.15) is 22.5 Å². The average Bonchev–Trinajstić information content (AvgIpc) is 2.65. The van der Waals surface area contributed by atoms with E-state index in [2.05, 4.69) is 5.18 Å². The third kappa shape index (κ3) is 1.35. The van der Waals surface area contributed by atoms with Crippen LogP contribution in [0.4, 0.5) is 5.88 Å². The highest BCUT2D eigenvalue weighted by molar-refractivity contribution is 5.94. The van der Waals surface area contributed by atoms with Crippen molar-refractivity contribution in [1.29, 1.82) is 0 Å². The minimum Gasteiger partial charge on any atom is -0.502 e. The molecule has 6 nitrogen and oxygen atoms in total. The van der Waals surface area contributed by atoms with Gasteiger partial charge in [0.2, 0.25) is 0 Å². The minimum absolute atomic E-state index is 0.281. The molecule has 0 spiro atoms. The Hall–Kier alpha value is -2.24. The second-order valence-electron chi connectivity index (χ2n) is 3.05. The predicted molar refractivity (Wildman–Crippen MR) is 56.4 cm³/mol. The molecule has 84 valence electrons. The minimum atomic E-state index is -0.374. The Morgan fingerprint density at radius 3 is 2.62 bits per heavy atom. The molecule has 2 rings (SSSR count). The van der Waals surface area contributed by atoms with Crippen LogP contribution < -0.4 is 9.47 Å². The molecule has 0 bridgehead atoms. The summed E-state index contributed by atoms with van der Waals surface area (Å²) in [4.78, 5) is 10.4. The molecule has 1 aromatic carbocycles. The van der Waals surface area contributed by atoms with E-state index in [-0.39, 0.29) is 17.2 Å². The molecule has 16 heavy (non-hydrogen) atoms. The Kier molecular flexibility index (Phi) is 2.40. The first-order chi connectivity index (χ1) is 7.71. The first kappa shape index (κ1) is 10.3. The van der Waals surface area contributed by atoms with Gasteiger partial charge in [0.05, 0.1) is 14.2 Å². The van der Waals surface area contributed by atoms with E-state index in [1.807, 2.05) is 0 Å². The van der Waals surface area contributed by atoms with E-state index in [0.717, 1.165) is 0 Å². The van der Waals surface area contributed by atoms with Crippen molar-refractivity contribution in [2.45, 2.75) is 0 Å². The monoisotopic (exact) mass is 223 g/mol. The fourth-order valence-electron chi connectivity index (χ4n) is 1.48. The molecule has 1 N–H and O–H groups in total. The highest BCUT2D eigenvalue weighted by Gasteiger charge is 2.19. The van der Waals surface area contributed by atoms with Crippen molar-refractivity contribution in [2.75, 3.05) is 14.2 Å². The third-order valence-corrected chi connectivity index (χ3v) is 2.22. The van der Waals surface area contributed by atoms with Gasteiger partial charge in [-0.25, -0.2) is 0 Å². The zero-order valence-corrected chi connectivity index (χ0v) is 8.68. The van der Waals surface area contributed by atoms with E-state index in [1.165, 1.54) is 20.3 Å². The molecule has 1 heterocycles. The molecule has 6 heteroatoms. The summed E-state index contributed by atoms with van der Waals surface area (Å²) < 4.78 is 15.1. The Morgan fingerprint density at radius 2 is 2.06 bits per heavy atom. The molecule has 0 radical (unpaired) electrons. The van der Waals surface area contributed by atoms with E-state index in [1.54, 1.807) is 6.07 Å². The molecule has 1 aromatic heterocycles. The number of hydrogen-bond acceptors (Lipinski definition) is 6. The lowest BCUT2D eigenvalue weighted by Crippen LogP contribution is -1.87. The standard InChI is InChI=1S/C10H9NO5/c1-14-5-3-6(15-2)8-7(4-5)16-10(11-13)9(8)12/h3-4,12H,1-2H3. The summed E-state index contributed by atoms with van der Waals surface area (Å²) in [6.45, 7) is 0. The van der Waals surface area contributed by atoms with Crippen LogP contribution >= 0.6 is 0 Å². The number of aromatic hydroxyl groups is 1. The molecule has 0 unspecified atom stereocenters. The number of furan rings is 1. The van der Waals surface area contributed by atoms with Gasteiger partial charge in [-0.3, -0.25) is 0 Å². The van der Waals surface area contributed by atoms with Gasteiger partial charge in [0.25, 0.3) is 0 Å². The summed E-state index contributed by atoms with van der Waals surface area (Å²) in [5.74, 6) is 0.145. The van der Waals surface area contributed by atoms with Gasteiger partial charge in [-0.2, -0.15) is 0 Å². The molecule has 0 amide bonds. The number of benzene rings is 1. The van der Waals surface area contributed by atoms with Crippen LogP contribution in [0.15, 0.2) is 21.7 Å². The third-order valence-electron chi connectivity index (χ3n) is 2.22. The second kappa shape index (κ2) is 3.73. The number of nitroso groups, excluding NO2 is 1. The molecule has 0 aliphatic rings. The molecule has 0 aliphatic carbocycles. The smallest absolute Gasteiger partial charge is 0.304 e. The molecule has 0 saturated heterocycles. The molecule has 0 atom stereocenters. The highest BCUT2D eigenvalue weighted by Crippen LogP contribution is 2.44. The van der Waals surface area contributed by atoms with Gasteiger partial charge >= 0.3 is 5.88 Å². The van der Waals surface area contributed by atoms with E-state index in [4.69, 9.17) is 13.9 Å². The largest absolute Gasteiger partial charge is 0.502 e. The summed E-state index contributed by atoms with van der Waals surface area (Å²) >= 11 is 0. The molecule has 0 fully saturated rings. The van der Waals surface area contributed by atoms with Crippen LogP contribution in [0.2, 0.25) is 0 Å². The number of hydrogen-bond donors (Lipinski definition) is 1. The topological polar surface area (TPSA) is 81.3 Å². The van der Waals surface area contributed by atoms with Crippen LogP contribution in [-0.4, -0.2) is 19.3 Å². The fourth-order valence-corrected chi connectivity index (χ4v) is 1.48. The van der Waals surface area contributed by atoms with E-state index >= 15 is 0 Å². The Morgan fingerprint density at radius 1 is 1.31 bits per heavy atom. The highest BCUT2D eigenvalue weighted by atomic mass is 16.5. The Bertz CT molecular complexity index is 546. The fraction of sp³-hybridized carbons (Fsp3) is 0.200. The number of ether oxygens (including phenoxy) is 2.